The molecule has 0 aromatic carbocycles. The van der Waals surface area contributed by atoms with Gasteiger partial charge in [-0.2, -0.15) is 10.2 Å². The summed E-state index contributed by atoms with van der Waals surface area (Å²) in [6, 6.07) is 2.13. The number of aryl methyl sites for hydroxylation is 2. The third-order valence-corrected chi connectivity index (χ3v) is 2.70. The predicted molar refractivity (Wildman–Crippen MR) is 66.2 cm³/mol. The van der Waals surface area contributed by atoms with Gasteiger partial charge in [0, 0.05) is 19.6 Å². The lowest BCUT2D eigenvalue weighted by atomic mass is 10.1. The van der Waals surface area contributed by atoms with Gasteiger partial charge in [-0.15, -0.1) is 0 Å². The molecule has 0 spiro atoms. The number of nitrogens with zero attached hydrogens (tertiary/aromatic N) is 3. The van der Waals surface area contributed by atoms with Crippen LogP contribution in [0, 0.1) is 6.92 Å². The highest BCUT2D eigenvalue weighted by Crippen LogP contribution is 2.10. The minimum Gasteiger partial charge on any atom is -0.329 e. The van der Waals surface area contributed by atoms with Crippen molar-refractivity contribution in [1.29, 1.82) is 0 Å². The maximum absolute atomic E-state index is 5.59. The van der Waals surface area contributed by atoms with Crippen molar-refractivity contribution >= 4 is 0 Å². The second kappa shape index (κ2) is 6.55. The molecule has 90 valence electrons. The molecule has 0 aliphatic rings. The molecule has 2 N–H and O–H groups in total. The molecule has 0 amide bonds. The minimum atomic E-state index is 0.701. The van der Waals surface area contributed by atoms with Gasteiger partial charge in [0.05, 0.1) is 11.4 Å². The molecule has 0 aliphatic heterocycles. The van der Waals surface area contributed by atoms with E-state index in [1.165, 1.54) is 5.56 Å². The number of hydrogen-bond acceptors (Lipinski definition) is 4. The Labute approximate surface area is 97.9 Å². The SMILES string of the molecule is CCc1nnc(C)cc1CN(CC)CCN. The Hall–Kier alpha value is -1.00. The first kappa shape index (κ1) is 13.1. The zero-order valence-corrected chi connectivity index (χ0v) is 10.5. The van der Waals surface area contributed by atoms with Gasteiger partial charge >= 0.3 is 0 Å². The molecule has 0 aliphatic carbocycles. The van der Waals surface area contributed by atoms with Crippen LogP contribution in [0.4, 0.5) is 0 Å². The van der Waals surface area contributed by atoms with Gasteiger partial charge in [-0.3, -0.25) is 4.90 Å². The van der Waals surface area contributed by atoms with Crippen molar-refractivity contribution in [3.8, 4) is 0 Å². The van der Waals surface area contributed by atoms with Gasteiger partial charge in [0.25, 0.3) is 0 Å². The Morgan fingerprint density at radius 2 is 2.06 bits per heavy atom. The molecule has 0 atom stereocenters. The van der Waals surface area contributed by atoms with E-state index in [1.54, 1.807) is 0 Å². The van der Waals surface area contributed by atoms with E-state index in [2.05, 4.69) is 35.0 Å². The van der Waals surface area contributed by atoms with Crippen LogP contribution in [0.1, 0.15) is 30.8 Å². The van der Waals surface area contributed by atoms with E-state index in [0.29, 0.717) is 6.54 Å². The Morgan fingerprint density at radius 3 is 2.62 bits per heavy atom. The molecular weight excluding hydrogens is 200 g/mol. The first-order chi connectivity index (χ1) is 7.71. The van der Waals surface area contributed by atoms with Crippen LogP contribution in [-0.2, 0) is 13.0 Å². The molecule has 0 unspecified atom stereocenters. The molecule has 1 rings (SSSR count). The third kappa shape index (κ3) is 3.54. The Kier molecular flexibility index (Phi) is 5.35. The Morgan fingerprint density at radius 1 is 1.31 bits per heavy atom. The largest absolute Gasteiger partial charge is 0.329 e. The maximum atomic E-state index is 5.59. The van der Waals surface area contributed by atoms with Crippen LogP contribution in [0.25, 0.3) is 0 Å². The highest BCUT2D eigenvalue weighted by Gasteiger charge is 2.08. The Bertz CT molecular complexity index is 325. The summed E-state index contributed by atoms with van der Waals surface area (Å²) < 4.78 is 0. The summed E-state index contributed by atoms with van der Waals surface area (Å²) in [6.07, 6.45) is 0.933. The van der Waals surface area contributed by atoms with Crippen LogP contribution in [-0.4, -0.2) is 34.7 Å². The molecular formula is C12H22N4. The topological polar surface area (TPSA) is 55.0 Å². The predicted octanol–water partition coefficient (Wildman–Crippen LogP) is 1.13. The average molecular weight is 222 g/mol. The van der Waals surface area contributed by atoms with E-state index in [9.17, 15) is 0 Å². The van der Waals surface area contributed by atoms with Crippen molar-refractivity contribution in [2.75, 3.05) is 19.6 Å². The monoisotopic (exact) mass is 222 g/mol. The van der Waals surface area contributed by atoms with Crippen LogP contribution in [0.3, 0.4) is 0 Å². The zero-order chi connectivity index (χ0) is 12.0. The summed E-state index contributed by atoms with van der Waals surface area (Å²) in [5.41, 5.74) is 8.95. The van der Waals surface area contributed by atoms with Crippen molar-refractivity contribution in [2.45, 2.75) is 33.7 Å². The molecule has 0 saturated carbocycles. The molecule has 1 aromatic heterocycles. The minimum absolute atomic E-state index is 0.701. The van der Waals surface area contributed by atoms with Gasteiger partial charge in [0.1, 0.15) is 0 Å². The zero-order valence-electron chi connectivity index (χ0n) is 10.5. The van der Waals surface area contributed by atoms with Gasteiger partial charge in [0.15, 0.2) is 0 Å². The van der Waals surface area contributed by atoms with E-state index in [4.69, 9.17) is 5.73 Å². The van der Waals surface area contributed by atoms with Crippen LogP contribution in [0.15, 0.2) is 6.07 Å². The fourth-order valence-corrected chi connectivity index (χ4v) is 1.77. The van der Waals surface area contributed by atoms with E-state index >= 15 is 0 Å². The summed E-state index contributed by atoms with van der Waals surface area (Å²) in [5.74, 6) is 0. The van der Waals surface area contributed by atoms with Crippen LogP contribution >= 0.6 is 0 Å². The molecule has 4 heteroatoms. The van der Waals surface area contributed by atoms with Gasteiger partial charge in [-0.05, 0) is 31.5 Å². The molecule has 0 radical (unpaired) electrons. The van der Waals surface area contributed by atoms with Crippen LogP contribution in [0.2, 0.25) is 0 Å². The lowest BCUT2D eigenvalue weighted by Gasteiger charge is -2.20. The van der Waals surface area contributed by atoms with E-state index in [-0.39, 0.29) is 0 Å². The smallest absolute Gasteiger partial charge is 0.0673 e. The molecule has 1 aromatic rings. The van der Waals surface area contributed by atoms with Gasteiger partial charge < -0.3 is 5.73 Å². The number of aromatic nitrogens is 2. The second-order valence-electron chi connectivity index (χ2n) is 3.97. The fraction of sp³-hybridized carbons (Fsp3) is 0.667. The normalized spacial score (nSPS) is 11.1. The summed E-state index contributed by atoms with van der Waals surface area (Å²) in [5, 5.41) is 8.33. The maximum Gasteiger partial charge on any atom is 0.0673 e. The quantitative estimate of drug-likeness (QED) is 0.784. The van der Waals surface area contributed by atoms with Gasteiger partial charge in [0.2, 0.25) is 0 Å². The van der Waals surface area contributed by atoms with Crippen LogP contribution < -0.4 is 5.73 Å². The number of hydrogen-bond donors (Lipinski definition) is 1. The first-order valence-electron chi connectivity index (χ1n) is 5.95. The fourth-order valence-electron chi connectivity index (χ4n) is 1.77. The number of likely N-dealkylation sites (N-methyl/N-ethyl adjacent to an activating group) is 1. The van der Waals surface area contributed by atoms with E-state index in [0.717, 1.165) is 37.4 Å². The van der Waals surface area contributed by atoms with Crippen molar-refractivity contribution < 1.29 is 0 Å². The van der Waals surface area contributed by atoms with E-state index in [1.807, 2.05) is 6.92 Å². The third-order valence-electron chi connectivity index (χ3n) is 2.70. The molecule has 16 heavy (non-hydrogen) atoms. The average Bonchev–Trinajstić information content (AvgIpc) is 2.29. The highest BCUT2D eigenvalue weighted by molar-refractivity contribution is 5.20. The number of nitrogens with two attached hydrogens (primary N) is 1. The lowest BCUT2D eigenvalue weighted by molar-refractivity contribution is 0.286. The number of rotatable bonds is 6. The summed E-state index contributed by atoms with van der Waals surface area (Å²) in [6.45, 7) is 9.82. The van der Waals surface area contributed by atoms with Gasteiger partial charge in [-0.25, -0.2) is 0 Å². The van der Waals surface area contributed by atoms with Crippen molar-refractivity contribution in [3.63, 3.8) is 0 Å². The summed E-state index contributed by atoms with van der Waals surface area (Å²) >= 11 is 0. The lowest BCUT2D eigenvalue weighted by Crippen LogP contribution is -2.29. The van der Waals surface area contributed by atoms with E-state index < -0.39 is 0 Å². The second-order valence-corrected chi connectivity index (χ2v) is 3.97. The first-order valence-corrected chi connectivity index (χ1v) is 5.95. The van der Waals surface area contributed by atoms with Gasteiger partial charge in [-0.1, -0.05) is 13.8 Å². The molecule has 4 nitrogen and oxygen atoms in total. The highest BCUT2D eigenvalue weighted by atomic mass is 15.1. The van der Waals surface area contributed by atoms with Crippen molar-refractivity contribution in [1.82, 2.24) is 15.1 Å². The van der Waals surface area contributed by atoms with Crippen molar-refractivity contribution in [3.05, 3.63) is 23.0 Å². The molecule has 1 heterocycles. The molecule has 0 saturated heterocycles. The molecule has 0 bridgehead atoms. The molecule has 0 fully saturated rings. The van der Waals surface area contributed by atoms with Crippen molar-refractivity contribution in [2.24, 2.45) is 5.73 Å². The van der Waals surface area contributed by atoms with Crippen LogP contribution in [0.5, 0.6) is 0 Å². The Balaban J connectivity index is 2.80. The summed E-state index contributed by atoms with van der Waals surface area (Å²) in [7, 11) is 0. The standard InChI is InChI=1S/C12H22N4/c1-4-12-11(8-10(3)14-15-12)9-16(5-2)7-6-13/h8H,4-7,9,13H2,1-3H3. The summed E-state index contributed by atoms with van der Waals surface area (Å²) in [4.78, 5) is 2.33.